The maximum Gasteiger partial charge on any atom is 0.330 e. The van der Waals surface area contributed by atoms with Gasteiger partial charge in [-0.05, 0) is 0 Å². The molecule has 1 fully saturated rings. The van der Waals surface area contributed by atoms with E-state index < -0.39 is 42.4 Å². The number of aliphatic hydroxyl groups excluding tert-OH is 3. The van der Waals surface area contributed by atoms with Gasteiger partial charge in [0.1, 0.15) is 18.3 Å². The molecule has 0 bridgehead atoms. The largest absolute Gasteiger partial charge is 0.394 e. The molecule has 4 N–H and O–H groups in total. The van der Waals surface area contributed by atoms with Gasteiger partial charge in [0.15, 0.2) is 6.23 Å². The first kappa shape index (κ1) is 15.3. The second-order valence-corrected chi connectivity index (χ2v) is 3.75. The Kier molecular flexibility index (Phi) is 5.05. The number of nitrogens with one attached hydrogen (secondary N) is 1. The molecule has 8 nitrogen and oxygen atoms in total. The molecule has 105 valence electrons. The second kappa shape index (κ2) is 5.93. The number of nitrogens with zero attached hydrogens (tertiary/aromatic N) is 1. The van der Waals surface area contributed by atoms with Crippen molar-refractivity contribution in [1.29, 1.82) is 0 Å². The van der Waals surface area contributed by atoms with Crippen LogP contribution in [-0.4, -0.2) is 49.8 Å². The van der Waals surface area contributed by atoms with Crippen LogP contribution in [0, 0.1) is 0 Å². The molecule has 1 aromatic heterocycles. The smallest absolute Gasteiger partial charge is 0.330 e. The number of rotatable bonds is 2. The van der Waals surface area contributed by atoms with Gasteiger partial charge in [-0.25, -0.2) is 4.79 Å². The molecule has 4 atom stereocenters. The molecular weight excluding hydrogens is 429 g/mol. The van der Waals surface area contributed by atoms with Crippen molar-refractivity contribution in [2.75, 3.05) is 6.61 Å². The molecule has 9 heteroatoms. The van der Waals surface area contributed by atoms with Crippen LogP contribution in [0.2, 0.25) is 0 Å². The fourth-order valence-electron chi connectivity index (χ4n) is 1.74. The van der Waals surface area contributed by atoms with Crippen molar-refractivity contribution < 1.29 is 42.4 Å². The zero-order chi connectivity index (χ0) is 12.6. The molecule has 2 unspecified atom stereocenters. The van der Waals surface area contributed by atoms with Gasteiger partial charge in [0.25, 0.3) is 5.56 Å². The van der Waals surface area contributed by atoms with Gasteiger partial charge in [-0.3, -0.25) is 14.3 Å². The van der Waals surface area contributed by atoms with Gasteiger partial charge in [-0.15, -0.1) is 0 Å². The normalized spacial score (nSPS) is 31.1. The van der Waals surface area contributed by atoms with Crippen LogP contribution in [0.5, 0.6) is 0 Å². The summed E-state index contributed by atoms with van der Waals surface area (Å²) >= 11 is 0. The predicted molar refractivity (Wildman–Crippen MR) is 54.3 cm³/mol. The number of aromatic amines is 1. The van der Waals surface area contributed by atoms with E-state index >= 15 is 0 Å². The van der Waals surface area contributed by atoms with Crippen LogP contribution in [-0.2, 0) is 27.1 Å². The number of hydrogen-bond acceptors (Lipinski definition) is 6. The molecular formula is C9H12AuN2O6. The van der Waals surface area contributed by atoms with Crippen molar-refractivity contribution in [3.8, 4) is 0 Å². The van der Waals surface area contributed by atoms with Gasteiger partial charge in [-0.2, -0.15) is 0 Å². The third-order valence-corrected chi connectivity index (χ3v) is 2.64. The Morgan fingerprint density at radius 3 is 2.50 bits per heavy atom. The summed E-state index contributed by atoms with van der Waals surface area (Å²) in [6.07, 6.45) is -3.58. The van der Waals surface area contributed by atoms with Crippen molar-refractivity contribution in [3.63, 3.8) is 0 Å². The minimum atomic E-state index is -1.35. The van der Waals surface area contributed by atoms with Crippen LogP contribution >= 0.6 is 0 Å². The van der Waals surface area contributed by atoms with Crippen molar-refractivity contribution in [1.82, 2.24) is 9.55 Å². The molecule has 1 aliphatic heterocycles. The third kappa shape index (κ3) is 2.64. The van der Waals surface area contributed by atoms with Crippen LogP contribution in [0.1, 0.15) is 6.23 Å². The Labute approximate surface area is 116 Å². The predicted octanol–water partition coefficient (Wildman–Crippen LogP) is -2.85. The number of ether oxygens (including phenoxy) is 1. The molecule has 1 aliphatic rings. The van der Waals surface area contributed by atoms with E-state index in [9.17, 15) is 19.8 Å². The summed E-state index contributed by atoms with van der Waals surface area (Å²) in [5, 5.41) is 28.1. The van der Waals surface area contributed by atoms with Crippen LogP contribution in [0.15, 0.2) is 21.9 Å². The van der Waals surface area contributed by atoms with Crippen molar-refractivity contribution in [3.05, 3.63) is 33.1 Å². The molecule has 0 aromatic carbocycles. The Balaban J connectivity index is 0.00000162. The summed E-state index contributed by atoms with van der Waals surface area (Å²) in [5.74, 6) is 0. The standard InChI is InChI=1S/C9H12N2O6.Au/c12-3-4-6(14)7(15)8(17-4)11-2-1-5(13)10-9(11)16;/h1-2,4,6-8,12,14-15H,3H2,(H,10,13,16);/t4-,6?,7?,8-;/m0./s1. The maximum atomic E-state index is 11.4. The van der Waals surface area contributed by atoms with E-state index in [4.69, 9.17) is 9.84 Å². The average Bonchev–Trinajstić information content (AvgIpc) is 2.57. The molecule has 0 amide bonds. The minimum absolute atomic E-state index is 0. The van der Waals surface area contributed by atoms with Gasteiger partial charge in [0.2, 0.25) is 0 Å². The van der Waals surface area contributed by atoms with Crippen LogP contribution in [0.3, 0.4) is 0 Å². The molecule has 1 saturated heterocycles. The monoisotopic (exact) mass is 441 g/mol. The molecule has 1 radical (unpaired) electrons. The Bertz CT molecular complexity index is 514. The van der Waals surface area contributed by atoms with Crippen molar-refractivity contribution in [2.24, 2.45) is 0 Å². The zero-order valence-corrected chi connectivity index (χ0v) is 11.2. The van der Waals surface area contributed by atoms with Crippen LogP contribution in [0.25, 0.3) is 0 Å². The van der Waals surface area contributed by atoms with E-state index in [0.717, 1.165) is 16.8 Å². The van der Waals surface area contributed by atoms with E-state index in [1.165, 1.54) is 0 Å². The van der Waals surface area contributed by atoms with Crippen molar-refractivity contribution in [2.45, 2.75) is 24.5 Å². The molecule has 2 rings (SSSR count). The van der Waals surface area contributed by atoms with Gasteiger partial charge in [-0.1, -0.05) is 0 Å². The summed E-state index contributed by atoms with van der Waals surface area (Å²) < 4.78 is 6.08. The van der Waals surface area contributed by atoms with Gasteiger partial charge in [0, 0.05) is 34.6 Å². The first-order valence-electron chi connectivity index (χ1n) is 4.98. The van der Waals surface area contributed by atoms with E-state index in [1.54, 1.807) is 0 Å². The Morgan fingerprint density at radius 2 is 2.00 bits per heavy atom. The summed E-state index contributed by atoms with van der Waals surface area (Å²) in [7, 11) is 0. The van der Waals surface area contributed by atoms with Crippen LogP contribution in [0.4, 0.5) is 0 Å². The van der Waals surface area contributed by atoms with Crippen molar-refractivity contribution >= 4 is 0 Å². The number of aromatic nitrogens is 2. The van der Waals surface area contributed by atoms with E-state index in [0.29, 0.717) is 0 Å². The van der Waals surface area contributed by atoms with E-state index in [2.05, 4.69) is 0 Å². The molecule has 18 heavy (non-hydrogen) atoms. The fourth-order valence-corrected chi connectivity index (χ4v) is 1.74. The van der Waals surface area contributed by atoms with Gasteiger partial charge >= 0.3 is 5.69 Å². The third-order valence-electron chi connectivity index (χ3n) is 2.64. The maximum absolute atomic E-state index is 11.4. The number of aliphatic hydroxyl groups is 3. The molecule has 2 heterocycles. The Morgan fingerprint density at radius 1 is 1.33 bits per heavy atom. The topological polar surface area (TPSA) is 125 Å². The first-order valence-corrected chi connectivity index (χ1v) is 4.98. The molecule has 1 aromatic rings. The van der Waals surface area contributed by atoms with E-state index in [-0.39, 0.29) is 22.4 Å². The minimum Gasteiger partial charge on any atom is -0.394 e. The summed E-state index contributed by atoms with van der Waals surface area (Å²) in [6.45, 7) is -0.479. The SMILES string of the molecule is O=c1ccn([C@H]2O[C@@H](CO)C(O)C2O)c(=O)[nH]1.[Au]. The quantitative estimate of drug-likeness (QED) is 0.367. The second-order valence-electron chi connectivity index (χ2n) is 3.75. The van der Waals surface area contributed by atoms with Gasteiger partial charge in [0.05, 0.1) is 6.61 Å². The summed E-state index contributed by atoms with van der Waals surface area (Å²) in [5.41, 5.74) is -1.33. The summed E-state index contributed by atoms with van der Waals surface area (Å²) in [6, 6.07) is 1.09. The summed E-state index contributed by atoms with van der Waals surface area (Å²) in [4.78, 5) is 24.3. The van der Waals surface area contributed by atoms with E-state index in [1.807, 2.05) is 4.98 Å². The van der Waals surface area contributed by atoms with Gasteiger partial charge < -0.3 is 20.1 Å². The first-order chi connectivity index (χ1) is 8.04. The molecule has 0 aliphatic carbocycles. The number of H-pyrrole nitrogens is 1. The number of hydrogen-bond donors (Lipinski definition) is 4. The van der Waals surface area contributed by atoms with Crippen LogP contribution < -0.4 is 11.2 Å². The average molecular weight is 441 g/mol. The Hall–Kier alpha value is -0.740. The zero-order valence-electron chi connectivity index (χ0n) is 8.99. The molecule has 0 saturated carbocycles. The fraction of sp³-hybridized carbons (Fsp3) is 0.556. The molecule has 0 spiro atoms.